The van der Waals surface area contributed by atoms with Crippen molar-refractivity contribution in [1.82, 2.24) is 15.5 Å². The van der Waals surface area contributed by atoms with E-state index < -0.39 is 0 Å². The number of hydrogen-bond acceptors (Lipinski definition) is 4. The number of nitrogens with one attached hydrogen (secondary N) is 2. The molecule has 6 nitrogen and oxygen atoms in total. The van der Waals surface area contributed by atoms with Crippen LogP contribution in [0.25, 0.3) is 0 Å². The van der Waals surface area contributed by atoms with Gasteiger partial charge in [0.1, 0.15) is 0 Å². The molecule has 6 heteroatoms. The van der Waals surface area contributed by atoms with Crippen LogP contribution >= 0.6 is 0 Å². The van der Waals surface area contributed by atoms with Crippen molar-refractivity contribution in [1.29, 1.82) is 0 Å². The zero-order valence-corrected chi connectivity index (χ0v) is 16.8. The van der Waals surface area contributed by atoms with E-state index in [-0.39, 0.29) is 11.8 Å². The Morgan fingerprint density at radius 2 is 1.70 bits per heavy atom. The highest BCUT2D eigenvalue weighted by Gasteiger charge is 2.27. The Morgan fingerprint density at radius 3 is 2.26 bits per heavy atom. The molecule has 0 bridgehead atoms. The predicted molar refractivity (Wildman–Crippen MR) is 107 cm³/mol. The Morgan fingerprint density at radius 1 is 1.07 bits per heavy atom. The Bertz CT molecular complexity index is 593. The second-order valence-electron chi connectivity index (χ2n) is 7.11. The summed E-state index contributed by atoms with van der Waals surface area (Å²) >= 11 is 0. The number of ether oxygens (including phenoxy) is 1. The molecule has 1 aromatic rings. The predicted octanol–water partition coefficient (Wildman–Crippen LogP) is 2.19. The fourth-order valence-corrected chi connectivity index (χ4v) is 3.64. The highest BCUT2D eigenvalue weighted by atomic mass is 16.5. The van der Waals surface area contributed by atoms with Crippen LogP contribution in [0.2, 0.25) is 0 Å². The van der Waals surface area contributed by atoms with Crippen LogP contribution in [0.1, 0.15) is 49.5 Å². The highest BCUT2D eigenvalue weighted by molar-refractivity contribution is 5.94. The van der Waals surface area contributed by atoms with E-state index in [4.69, 9.17) is 4.74 Å². The third kappa shape index (κ3) is 6.63. The van der Waals surface area contributed by atoms with Crippen molar-refractivity contribution in [2.75, 3.05) is 32.8 Å². The molecule has 0 spiro atoms. The van der Waals surface area contributed by atoms with Crippen molar-refractivity contribution in [3.63, 3.8) is 0 Å². The largest absolute Gasteiger partial charge is 0.379 e. The number of carbonyl (C=O) groups is 2. The smallest absolute Gasteiger partial charge is 0.251 e. The number of carbonyl (C=O) groups excluding carboxylic acids is 2. The van der Waals surface area contributed by atoms with Gasteiger partial charge in [-0.25, -0.2) is 0 Å². The lowest BCUT2D eigenvalue weighted by molar-refractivity contribution is -0.119. The number of hydrogen-bond donors (Lipinski definition) is 2. The maximum atomic E-state index is 12.6. The Kier molecular flexibility index (Phi) is 8.75. The summed E-state index contributed by atoms with van der Waals surface area (Å²) in [6.07, 6.45) is 2.21. The highest BCUT2D eigenvalue weighted by Crippen LogP contribution is 2.19. The average Bonchev–Trinajstić information content (AvgIpc) is 2.70. The normalized spacial score (nSPS) is 16.1. The standard InChI is InChI=1S/C21H33N3O3/c1-4-18(5-2)20(24-10-12-27-13-11-24)15-23-21(26)19-8-6-17(7-9-19)14-22-16(3)25/h6-9,18,20H,4-5,10-15H2,1-3H3,(H,22,25)(H,23,26). The number of benzene rings is 1. The number of rotatable bonds is 9. The van der Waals surface area contributed by atoms with Crippen LogP contribution in [0.4, 0.5) is 0 Å². The zero-order chi connectivity index (χ0) is 19.6. The van der Waals surface area contributed by atoms with E-state index in [1.54, 1.807) is 0 Å². The lowest BCUT2D eigenvalue weighted by atomic mass is 9.92. The summed E-state index contributed by atoms with van der Waals surface area (Å²) < 4.78 is 5.48. The summed E-state index contributed by atoms with van der Waals surface area (Å²) in [5.41, 5.74) is 1.62. The summed E-state index contributed by atoms with van der Waals surface area (Å²) in [6.45, 7) is 10.4. The van der Waals surface area contributed by atoms with Crippen molar-refractivity contribution < 1.29 is 14.3 Å². The van der Waals surface area contributed by atoms with Gasteiger partial charge in [-0.15, -0.1) is 0 Å². The Balaban J connectivity index is 1.94. The second-order valence-corrected chi connectivity index (χ2v) is 7.11. The van der Waals surface area contributed by atoms with Crippen molar-refractivity contribution in [3.05, 3.63) is 35.4 Å². The van der Waals surface area contributed by atoms with E-state index in [0.717, 1.165) is 44.7 Å². The minimum Gasteiger partial charge on any atom is -0.379 e. The monoisotopic (exact) mass is 375 g/mol. The van der Waals surface area contributed by atoms with Gasteiger partial charge >= 0.3 is 0 Å². The van der Waals surface area contributed by atoms with Gasteiger partial charge in [0, 0.05) is 44.7 Å². The molecule has 1 fully saturated rings. The zero-order valence-electron chi connectivity index (χ0n) is 16.8. The molecule has 1 atom stereocenters. The first-order chi connectivity index (χ1) is 13.0. The van der Waals surface area contributed by atoms with E-state index in [2.05, 4.69) is 29.4 Å². The van der Waals surface area contributed by atoms with Crippen LogP contribution < -0.4 is 10.6 Å². The SMILES string of the molecule is CCC(CC)C(CNC(=O)c1ccc(CNC(C)=O)cc1)N1CCOCC1. The molecule has 2 N–H and O–H groups in total. The van der Waals surface area contributed by atoms with Gasteiger partial charge in [-0.1, -0.05) is 38.8 Å². The van der Waals surface area contributed by atoms with Crippen LogP contribution in [0.15, 0.2) is 24.3 Å². The Hall–Kier alpha value is -1.92. The third-order valence-corrected chi connectivity index (χ3v) is 5.34. The molecular formula is C21H33N3O3. The van der Waals surface area contributed by atoms with Crippen LogP contribution in [0.5, 0.6) is 0 Å². The maximum absolute atomic E-state index is 12.6. The summed E-state index contributed by atoms with van der Waals surface area (Å²) in [7, 11) is 0. The number of morpholine rings is 1. The quantitative estimate of drug-likeness (QED) is 0.694. The molecular weight excluding hydrogens is 342 g/mol. The van der Waals surface area contributed by atoms with Gasteiger partial charge in [-0.2, -0.15) is 0 Å². The Labute approximate surface area is 162 Å². The third-order valence-electron chi connectivity index (χ3n) is 5.34. The van der Waals surface area contributed by atoms with Gasteiger partial charge in [0.15, 0.2) is 0 Å². The minimum absolute atomic E-state index is 0.0507. The molecule has 0 radical (unpaired) electrons. The number of nitrogens with zero attached hydrogens (tertiary/aromatic N) is 1. The summed E-state index contributed by atoms with van der Waals surface area (Å²) in [5.74, 6) is 0.445. The molecule has 2 rings (SSSR count). The molecule has 1 heterocycles. The molecule has 1 aliphatic heterocycles. The lowest BCUT2D eigenvalue weighted by Gasteiger charge is -2.38. The van der Waals surface area contributed by atoms with Crippen LogP contribution in [-0.2, 0) is 16.1 Å². The first-order valence-corrected chi connectivity index (χ1v) is 9.98. The van der Waals surface area contributed by atoms with E-state index in [1.165, 1.54) is 6.92 Å². The maximum Gasteiger partial charge on any atom is 0.251 e. The fourth-order valence-electron chi connectivity index (χ4n) is 3.64. The minimum atomic E-state index is -0.0626. The molecule has 1 saturated heterocycles. The van der Waals surface area contributed by atoms with Gasteiger partial charge in [-0.05, 0) is 23.6 Å². The van der Waals surface area contributed by atoms with Crippen molar-refractivity contribution >= 4 is 11.8 Å². The molecule has 150 valence electrons. The van der Waals surface area contributed by atoms with E-state index in [0.29, 0.717) is 30.6 Å². The molecule has 1 aromatic carbocycles. The average molecular weight is 376 g/mol. The summed E-state index contributed by atoms with van der Waals surface area (Å²) in [4.78, 5) is 26.0. The van der Waals surface area contributed by atoms with Gasteiger partial charge in [0.05, 0.1) is 13.2 Å². The van der Waals surface area contributed by atoms with Crippen molar-refractivity contribution in [2.45, 2.75) is 46.2 Å². The topological polar surface area (TPSA) is 70.7 Å². The summed E-state index contributed by atoms with van der Waals surface area (Å²) in [5, 5.41) is 5.88. The van der Waals surface area contributed by atoms with E-state index >= 15 is 0 Å². The van der Waals surface area contributed by atoms with Crippen LogP contribution in [0.3, 0.4) is 0 Å². The first-order valence-electron chi connectivity index (χ1n) is 9.98. The van der Waals surface area contributed by atoms with Crippen molar-refractivity contribution in [3.8, 4) is 0 Å². The van der Waals surface area contributed by atoms with E-state index in [9.17, 15) is 9.59 Å². The van der Waals surface area contributed by atoms with Gasteiger partial charge < -0.3 is 15.4 Å². The molecule has 1 unspecified atom stereocenters. The molecule has 0 aliphatic carbocycles. The molecule has 0 aromatic heterocycles. The van der Waals surface area contributed by atoms with Crippen molar-refractivity contribution in [2.24, 2.45) is 5.92 Å². The van der Waals surface area contributed by atoms with Crippen LogP contribution in [0, 0.1) is 5.92 Å². The molecule has 1 aliphatic rings. The fraction of sp³-hybridized carbons (Fsp3) is 0.619. The molecule has 27 heavy (non-hydrogen) atoms. The molecule has 0 saturated carbocycles. The number of amides is 2. The molecule has 2 amide bonds. The summed E-state index contributed by atoms with van der Waals surface area (Å²) in [6, 6.07) is 7.73. The van der Waals surface area contributed by atoms with Gasteiger partial charge in [-0.3, -0.25) is 14.5 Å². The lowest BCUT2D eigenvalue weighted by Crippen LogP contribution is -2.52. The van der Waals surface area contributed by atoms with Gasteiger partial charge in [0.25, 0.3) is 5.91 Å². The van der Waals surface area contributed by atoms with Gasteiger partial charge in [0.2, 0.25) is 5.91 Å². The first kappa shape index (κ1) is 21.4. The second kappa shape index (κ2) is 11.0. The van der Waals surface area contributed by atoms with E-state index in [1.807, 2.05) is 24.3 Å². The van der Waals surface area contributed by atoms with Crippen LogP contribution in [-0.4, -0.2) is 55.6 Å².